The maximum Gasteiger partial charge on any atom is 0.253 e. The van der Waals surface area contributed by atoms with Gasteiger partial charge in [-0.05, 0) is 55.8 Å². The molecule has 0 bridgehead atoms. The van der Waals surface area contributed by atoms with Gasteiger partial charge in [0.15, 0.2) is 0 Å². The van der Waals surface area contributed by atoms with E-state index in [1.807, 2.05) is 26.0 Å². The molecule has 0 heterocycles. The predicted octanol–water partition coefficient (Wildman–Crippen LogP) is 2.57. The Balaban J connectivity index is 1.91. The summed E-state index contributed by atoms with van der Waals surface area (Å²) in [5.74, 6) is 0.141. The van der Waals surface area contributed by atoms with Gasteiger partial charge >= 0.3 is 0 Å². The second-order valence-electron chi connectivity index (χ2n) is 6.94. The van der Waals surface area contributed by atoms with E-state index in [-0.39, 0.29) is 24.3 Å². The molecule has 0 atom stereocenters. The quantitative estimate of drug-likeness (QED) is 0.688. The van der Waals surface area contributed by atoms with Gasteiger partial charge in [0.1, 0.15) is 5.75 Å². The van der Waals surface area contributed by atoms with E-state index in [1.165, 1.54) is 4.90 Å². The average molecular weight is 412 g/mol. The predicted molar refractivity (Wildman–Crippen MR) is 115 cm³/mol. The molecule has 7 heteroatoms. The van der Waals surface area contributed by atoms with E-state index in [1.54, 1.807) is 55.4 Å². The molecule has 0 unspecified atom stereocenters. The molecule has 0 saturated heterocycles. The fraction of sp³-hybridized carbons (Fsp3) is 0.348. The number of likely N-dealkylation sites (N-methyl/N-ethyl adjacent to an activating group) is 1. The number of benzene rings is 2. The Hall–Kier alpha value is -3.35. The zero-order valence-electron chi connectivity index (χ0n) is 18.0. The molecule has 160 valence electrons. The molecule has 2 rings (SSSR count). The van der Waals surface area contributed by atoms with E-state index < -0.39 is 0 Å². The molecule has 0 saturated carbocycles. The van der Waals surface area contributed by atoms with Gasteiger partial charge in [0, 0.05) is 38.3 Å². The number of amides is 3. The third kappa shape index (κ3) is 6.34. The maximum absolute atomic E-state index is 12.5. The van der Waals surface area contributed by atoms with Crippen molar-refractivity contribution >= 4 is 17.7 Å². The van der Waals surface area contributed by atoms with Crippen LogP contribution in [0.3, 0.4) is 0 Å². The maximum atomic E-state index is 12.5. The van der Waals surface area contributed by atoms with Gasteiger partial charge in [0.25, 0.3) is 11.8 Å². The summed E-state index contributed by atoms with van der Waals surface area (Å²) in [4.78, 5) is 40.0. The van der Waals surface area contributed by atoms with E-state index in [0.29, 0.717) is 36.6 Å². The van der Waals surface area contributed by atoms with Crippen LogP contribution in [0, 0.1) is 0 Å². The normalized spacial score (nSPS) is 10.3. The minimum absolute atomic E-state index is 0.0676. The summed E-state index contributed by atoms with van der Waals surface area (Å²) in [6.45, 7) is 5.17. The molecule has 2 aromatic carbocycles. The average Bonchev–Trinajstić information content (AvgIpc) is 2.76. The fourth-order valence-corrected chi connectivity index (χ4v) is 2.85. The van der Waals surface area contributed by atoms with Crippen molar-refractivity contribution in [2.75, 3.05) is 33.8 Å². The number of nitrogens with one attached hydrogen (secondary N) is 1. The van der Waals surface area contributed by atoms with Crippen molar-refractivity contribution in [2.24, 2.45) is 0 Å². The van der Waals surface area contributed by atoms with E-state index in [2.05, 4.69) is 5.32 Å². The van der Waals surface area contributed by atoms with Crippen molar-refractivity contribution in [3.05, 3.63) is 65.2 Å². The topological polar surface area (TPSA) is 79.0 Å². The summed E-state index contributed by atoms with van der Waals surface area (Å²) in [5.41, 5.74) is 1.98. The molecule has 0 aliphatic carbocycles. The Morgan fingerprint density at radius 1 is 0.900 bits per heavy atom. The van der Waals surface area contributed by atoms with Crippen molar-refractivity contribution in [1.29, 1.82) is 0 Å². The Labute approximate surface area is 177 Å². The van der Waals surface area contributed by atoms with Crippen molar-refractivity contribution in [3.8, 4) is 5.75 Å². The monoisotopic (exact) mass is 411 g/mol. The molecule has 0 fully saturated rings. The Kier molecular flexibility index (Phi) is 8.41. The second-order valence-corrected chi connectivity index (χ2v) is 6.94. The SMILES string of the molecule is CCOc1ccc(C(=O)NCC(=O)N(CC)Cc2ccc(C(=O)N(C)C)cc2)cc1. The van der Waals surface area contributed by atoms with E-state index >= 15 is 0 Å². The molecular formula is C23H29N3O4. The molecule has 0 spiro atoms. The lowest BCUT2D eigenvalue weighted by molar-refractivity contribution is -0.130. The second kappa shape index (κ2) is 11.0. The highest BCUT2D eigenvalue weighted by atomic mass is 16.5. The first-order chi connectivity index (χ1) is 14.3. The molecular weight excluding hydrogens is 382 g/mol. The highest BCUT2D eigenvalue weighted by Gasteiger charge is 2.15. The summed E-state index contributed by atoms with van der Waals surface area (Å²) in [7, 11) is 3.41. The summed E-state index contributed by atoms with van der Waals surface area (Å²) in [6.07, 6.45) is 0. The van der Waals surface area contributed by atoms with Crippen LogP contribution in [0.5, 0.6) is 5.75 Å². The minimum atomic E-state index is -0.311. The minimum Gasteiger partial charge on any atom is -0.494 e. The smallest absolute Gasteiger partial charge is 0.253 e. The molecule has 1 N–H and O–H groups in total. The van der Waals surface area contributed by atoms with Crippen LogP contribution >= 0.6 is 0 Å². The molecule has 0 radical (unpaired) electrons. The van der Waals surface area contributed by atoms with Crippen LogP contribution in [0.15, 0.2) is 48.5 Å². The van der Waals surface area contributed by atoms with Crippen molar-refractivity contribution < 1.29 is 19.1 Å². The summed E-state index contributed by atoms with van der Waals surface area (Å²) >= 11 is 0. The lowest BCUT2D eigenvalue weighted by Gasteiger charge is -2.21. The molecule has 0 aromatic heterocycles. The third-order valence-corrected chi connectivity index (χ3v) is 4.54. The standard InChI is InChI=1S/C23H29N3O4/c1-5-26(16-17-7-9-19(10-8-17)23(29)25(3)4)21(27)15-24-22(28)18-11-13-20(14-12-18)30-6-2/h7-14H,5-6,15-16H2,1-4H3,(H,24,28). The largest absolute Gasteiger partial charge is 0.494 e. The van der Waals surface area contributed by atoms with Crippen molar-refractivity contribution in [2.45, 2.75) is 20.4 Å². The first kappa shape index (κ1) is 22.9. The van der Waals surface area contributed by atoms with Gasteiger partial charge in [0.2, 0.25) is 5.91 Å². The van der Waals surface area contributed by atoms with Gasteiger partial charge in [-0.3, -0.25) is 14.4 Å². The molecule has 0 aliphatic rings. The molecule has 2 aromatic rings. The number of nitrogens with zero attached hydrogens (tertiary/aromatic N) is 2. The van der Waals surface area contributed by atoms with Crippen molar-refractivity contribution in [3.63, 3.8) is 0 Å². The zero-order valence-corrected chi connectivity index (χ0v) is 18.0. The summed E-state index contributed by atoms with van der Waals surface area (Å²) in [6, 6.07) is 14.0. The number of hydrogen-bond acceptors (Lipinski definition) is 4. The Morgan fingerprint density at radius 3 is 2.03 bits per heavy atom. The van der Waals surface area contributed by atoms with Gasteiger partial charge in [-0.15, -0.1) is 0 Å². The van der Waals surface area contributed by atoms with Crippen LogP contribution in [-0.4, -0.2) is 61.3 Å². The van der Waals surface area contributed by atoms with Crippen LogP contribution < -0.4 is 10.1 Å². The zero-order chi connectivity index (χ0) is 22.1. The lowest BCUT2D eigenvalue weighted by Crippen LogP contribution is -2.39. The van der Waals surface area contributed by atoms with Gasteiger partial charge in [-0.25, -0.2) is 0 Å². The first-order valence-corrected chi connectivity index (χ1v) is 9.95. The Bertz CT molecular complexity index is 861. The van der Waals surface area contributed by atoms with Crippen LogP contribution in [0.1, 0.15) is 40.1 Å². The van der Waals surface area contributed by atoms with Crippen LogP contribution in [-0.2, 0) is 11.3 Å². The summed E-state index contributed by atoms with van der Waals surface area (Å²) in [5, 5.41) is 2.67. The molecule has 30 heavy (non-hydrogen) atoms. The van der Waals surface area contributed by atoms with E-state index in [0.717, 1.165) is 5.56 Å². The van der Waals surface area contributed by atoms with Crippen LogP contribution in [0.25, 0.3) is 0 Å². The van der Waals surface area contributed by atoms with Crippen LogP contribution in [0.4, 0.5) is 0 Å². The number of rotatable bonds is 9. The lowest BCUT2D eigenvalue weighted by atomic mass is 10.1. The van der Waals surface area contributed by atoms with E-state index in [4.69, 9.17) is 4.74 Å². The van der Waals surface area contributed by atoms with Gasteiger partial charge in [-0.1, -0.05) is 12.1 Å². The van der Waals surface area contributed by atoms with Gasteiger partial charge in [0.05, 0.1) is 13.2 Å². The van der Waals surface area contributed by atoms with Gasteiger partial charge in [-0.2, -0.15) is 0 Å². The number of hydrogen-bond donors (Lipinski definition) is 1. The number of ether oxygens (including phenoxy) is 1. The highest BCUT2D eigenvalue weighted by molar-refractivity contribution is 5.96. The highest BCUT2D eigenvalue weighted by Crippen LogP contribution is 2.12. The van der Waals surface area contributed by atoms with Crippen molar-refractivity contribution in [1.82, 2.24) is 15.1 Å². The van der Waals surface area contributed by atoms with Gasteiger partial charge < -0.3 is 19.9 Å². The molecule has 3 amide bonds. The molecule has 0 aliphatic heterocycles. The first-order valence-electron chi connectivity index (χ1n) is 9.95. The Morgan fingerprint density at radius 2 is 1.50 bits per heavy atom. The van der Waals surface area contributed by atoms with Crippen LogP contribution in [0.2, 0.25) is 0 Å². The third-order valence-electron chi connectivity index (χ3n) is 4.54. The summed E-state index contributed by atoms with van der Waals surface area (Å²) < 4.78 is 5.36. The molecule has 7 nitrogen and oxygen atoms in total. The fourth-order valence-electron chi connectivity index (χ4n) is 2.85. The number of carbonyl (C=O) groups is 3. The van der Waals surface area contributed by atoms with E-state index in [9.17, 15) is 14.4 Å². The number of carbonyl (C=O) groups excluding carboxylic acids is 3.